The lowest BCUT2D eigenvalue weighted by Gasteiger charge is -2.33. The number of aliphatic hydroxyl groups is 3. The first-order chi connectivity index (χ1) is 32.4. The number of ether oxygens (including phenoxy) is 2. The van der Waals surface area contributed by atoms with E-state index in [1.165, 1.54) is 23.8 Å². The largest absolute Gasteiger partial charge is 0.506 e. The summed E-state index contributed by atoms with van der Waals surface area (Å²) < 4.78 is 11.8. The van der Waals surface area contributed by atoms with Crippen LogP contribution >= 0.6 is 0 Å². The zero-order chi connectivity index (χ0) is 47.3. The number of nitrogens with one attached hydrogen (secondary N) is 2. The average Bonchev–Trinajstić information content (AvgIpc) is 3.33. The van der Waals surface area contributed by atoms with Crippen molar-refractivity contribution in [2.45, 2.75) is 57.3 Å². The number of piperidine rings is 1. The standard InChI is InChI=1S/C53H58N4O10/c1-2-10-38(29-54-30-47(60)43-17-19-45(58)51-44(43)18-20-49(62)56-51)46(59)31-55-50(63)27-37-25-39(26-37)48(61)34-66-42-16-9-15-41(28-42)53(65,40-13-7-4-8-14-40)52(64)67-33-36-21-23-57(24-22-36)32-35-11-5-3-6-12-35/h2-20,28,31,36-37,39,47,54,58-60,65H,21-27,29-30,32-34H2,1H3,(H,56,62)/b10-2-,46-38-,55-31?/t37?,39?,47-,53-/m0/s1. The molecule has 14 nitrogen and oxygen atoms in total. The Morgan fingerprint density at radius 2 is 1.64 bits per heavy atom. The number of rotatable bonds is 20. The second kappa shape index (κ2) is 22.7. The number of aliphatic imine (C=N–C) groups is 1. The molecule has 2 fully saturated rings. The summed E-state index contributed by atoms with van der Waals surface area (Å²) in [6.07, 6.45) is 6.28. The Labute approximate surface area is 389 Å². The van der Waals surface area contributed by atoms with Crippen molar-refractivity contribution in [3.8, 4) is 11.5 Å². The summed E-state index contributed by atoms with van der Waals surface area (Å²) >= 11 is 0. The van der Waals surface area contributed by atoms with Gasteiger partial charge in [0.15, 0.2) is 5.78 Å². The lowest BCUT2D eigenvalue weighted by atomic mass is 9.71. The van der Waals surface area contributed by atoms with Crippen LogP contribution in [0.25, 0.3) is 10.9 Å². The van der Waals surface area contributed by atoms with E-state index in [9.17, 15) is 39.6 Å². The van der Waals surface area contributed by atoms with Gasteiger partial charge >= 0.3 is 5.97 Å². The maximum absolute atomic E-state index is 13.9. The van der Waals surface area contributed by atoms with Gasteiger partial charge in [-0.05, 0) is 98.5 Å². The molecule has 2 heterocycles. The molecule has 5 aromatic rings. The van der Waals surface area contributed by atoms with Crippen LogP contribution in [0.5, 0.6) is 11.5 Å². The number of esters is 1. The summed E-state index contributed by atoms with van der Waals surface area (Å²) in [6.45, 7) is 4.60. The number of likely N-dealkylation sites (tertiary alicyclic amines) is 1. The molecule has 2 atom stereocenters. The van der Waals surface area contributed by atoms with Gasteiger partial charge in [-0.15, -0.1) is 0 Å². The van der Waals surface area contributed by atoms with Gasteiger partial charge in [-0.25, -0.2) is 9.79 Å². The smallest absolute Gasteiger partial charge is 0.347 e. The number of carbonyl (C=O) groups is 3. The molecule has 0 spiro atoms. The van der Waals surface area contributed by atoms with Crippen molar-refractivity contribution >= 4 is 34.8 Å². The Bertz CT molecular complexity index is 2650. The molecule has 1 aliphatic carbocycles. The number of aromatic amines is 1. The molecule has 7 rings (SSSR count). The van der Waals surface area contributed by atoms with Crippen LogP contribution in [0.2, 0.25) is 0 Å². The summed E-state index contributed by atoms with van der Waals surface area (Å²) in [5.74, 6) is -1.59. The molecule has 67 heavy (non-hydrogen) atoms. The fourth-order valence-corrected chi connectivity index (χ4v) is 8.74. The van der Waals surface area contributed by atoms with Gasteiger partial charge in [0.05, 0.1) is 24.4 Å². The number of hydrogen-bond acceptors (Lipinski definition) is 12. The van der Waals surface area contributed by atoms with Crippen molar-refractivity contribution in [2.24, 2.45) is 22.7 Å². The molecule has 14 heteroatoms. The lowest BCUT2D eigenvalue weighted by molar-refractivity contribution is -0.164. The van der Waals surface area contributed by atoms with E-state index in [1.807, 2.05) is 18.2 Å². The average molecular weight is 911 g/mol. The second-order valence-electron chi connectivity index (χ2n) is 17.4. The van der Waals surface area contributed by atoms with Crippen LogP contribution in [0, 0.1) is 17.8 Å². The van der Waals surface area contributed by atoms with Gasteiger partial charge in [-0.1, -0.05) is 91.0 Å². The number of hydrogen-bond donors (Lipinski definition) is 6. The summed E-state index contributed by atoms with van der Waals surface area (Å²) in [6, 6.07) is 31.3. The predicted molar refractivity (Wildman–Crippen MR) is 255 cm³/mol. The molecule has 0 bridgehead atoms. The van der Waals surface area contributed by atoms with Gasteiger partial charge in [0.1, 0.15) is 23.9 Å². The number of phenols is 1. The molecule has 1 aromatic heterocycles. The number of amides is 1. The second-order valence-corrected chi connectivity index (χ2v) is 17.4. The van der Waals surface area contributed by atoms with Crippen molar-refractivity contribution in [3.63, 3.8) is 0 Å². The van der Waals surface area contributed by atoms with E-state index in [0.717, 1.165) is 38.7 Å². The number of phenolic OH excluding ortho intramolecular Hbond substituents is 1. The van der Waals surface area contributed by atoms with Crippen molar-refractivity contribution in [1.82, 2.24) is 15.2 Å². The highest BCUT2D eigenvalue weighted by Crippen LogP contribution is 2.38. The van der Waals surface area contributed by atoms with Crippen molar-refractivity contribution < 1.29 is 44.3 Å². The third-order valence-corrected chi connectivity index (χ3v) is 12.6. The number of aliphatic hydroxyl groups excluding tert-OH is 2. The maximum Gasteiger partial charge on any atom is 0.347 e. The molecule has 4 aromatic carbocycles. The molecule has 0 unspecified atom stereocenters. The number of nitrogens with zero attached hydrogens (tertiary/aromatic N) is 2. The topological polar surface area (TPSA) is 211 Å². The first-order valence-electron chi connectivity index (χ1n) is 22.7. The molecule has 1 aliphatic heterocycles. The third kappa shape index (κ3) is 12.4. The van der Waals surface area contributed by atoms with Crippen LogP contribution in [0.3, 0.4) is 0 Å². The van der Waals surface area contributed by atoms with Gasteiger partial charge in [-0.2, -0.15) is 0 Å². The summed E-state index contributed by atoms with van der Waals surface area (Å²) in [5.41, 5.74) is 0.508. The normalized spacial score (nSPS) is 18.6. The molecule has 6 N–H and O–H groups in total. The van der Waals surface area contributed by atoms with Gasteiger partial charge in [0, 0.05) is 54.6 Å². The number of allylic oxidation sites excluding steroid dienone is 2. The molecule has 1 saturated heterocycles. The first kappa shape index (κ1) is 48.2. The van der Waals surface area contributed by atoms with E-state index in [-0.39, 0.29) is 84.4 Å². The SMILES string of the molecule is C/C=C\C(CNC[C@H](O)c1ccc(O)c2[nH]c(=O)ccc12)=C(\O)C=NC(=O)CC1CC(C(=O)COc2cccc([C@](O)(C(=O)OCC3CCN(Cc4ccccc4)CC3)c3ccccc3)c2)C1. The first-order valence-corrected chi connectivity index (χ1v) is 22.7. The van der Waals surface area contributed by atoms with Crippen molar-refractivity contribution in [3.05, 3.63) is 165 Å². The van der Waals surface area contributed by atoms with Crippen LogP contribution < -0.4 is 15.6 Å². The van der Waals surface area contributed by atoms with E-state index >= 15 is 0 Å². The molecule has 1 saturated carbocycles. The zero-order valence-corrected chi connectivity index (χ0v) is 37.6. The lowest BCUT2D eigenvalue weighted by Crippen LogP contribution is -2.40. The molecule has 0 radical (unpaired) electrons. The highest BCUT2D eigenvalue weighted by atomic mass is 16.5. The predicted octanol–water partition coefficient (Wildman–Crippen LogP) is 6.60. The van der Waals surface area contributed by atoms with Gasteiger partial charge < -0.3 is 40.2 Å². The van der Waals surface area contributed by atoms with Gasteiger partial charge in [-0.3, -0.25) is 19.3 Å². The van der Waals surface area contributed by atoms with E-state index in [2.05, 4.69) is 32.3 Å². The number of aromatic nitrogens is 1. The highest BCUT2D eigenvalue weighted by Gasteiger charge is 2.42. The Balaban J connectivity index is 0.866. The molecule has 350 valence electrons. The van der Waals surface area contributed by atoms with Crippen molar-refractivity contribution in [2.75, 3.05) is 39.4 Å². The highest BCUT2D eigenvalue weighted by molar-refractivity contribution is 5.91. The Morgan fingerprint density at radius 1 is 0.925 bits per heavy atom. The number of Topliss-reactive ketones (excluding diaryl/α,β-unsaturated/α-hetero) is 1. The fraction of sp³-hybridized carbons (Fsp3) is 0.340. The number of pyridine rings is 1. The quantitative estimate of drug-likeness (QED) is 0.0211. The third-order valence-electron chi connectivity index (χ3n) is 12.6. The minimum Gasteiger partial charge on any atom is -0.506 e. The number of fused-ring (bicyclic) bond motifs is 1. The van der Waals surface area contributed by atoms with E-state index in [0.29, 0.717) is 40.7 Å². The van der Waals surface area contributed by atoms with Crippen LogP contribution in [-0.2, 0) is 31.3 Å². The zero-order valence-electron chi connectivity index (χ0n) is 37.6. The fourth-order valence-electron chi connectivity index (χ4n) is 8.74. The number of carbonyl (C=O) groups excluding carboxylic acids is 3. The van der Waals surface area contributed by atoms with Gasteiger partial charge in [0.2, 0.25) is 17.1 Å². The Hall–Kier alpha value is -6.71. The van der Waals surface area contributed by atoms with Crippen LogP contribution in [-0.4, -0.2) is 93.6 Å². The summed E-state index contributed by atoms with van der Waals surface area (Å²) in [5, 5.41) is 47.6. The molecule has 1 amide bonds. The minimum absolute atomic E-state index is 0.0613. The number of ketones is 1. The molecule has 2 aliphatic rings. The Morgan fingerprint density at radius 3 is 2.37 bits per heavy atom. The summed E-state index contributed by atoms with van der Waals surface area (Å²) in [4.78, 5) is 60.5. The van der Waals surface area contributed by atoms with Crippen LogP contribution in [0.4, 0.5) is 0 Å². The maximum atomic E-state index is 13.9. The number of aromatic hydroxyl groups is 1. The van der Waals surface area contributed by atoms with E-state index < -0.39 is 23.6 Å². The minimum atomic E-state index is -2.12. The Kier molecular flexibility index (Phi) is 16.3. The van der Waals surface area contributed by atoms with E-state index in [1.54, 1.807) is 79.7 Å². The van der Waals surface area contributed by atoms with Crippen LogP contribution in [0.15, 0.2) is 142 Å². The monoisotopic (exact) mass is 910 g/mol. The number of H-pyrrole nitrogens is 1. The molecular formula is C53H58N4O10. The van der Waals surface area contributed by atoms with Crippen molar-refractivity contribution in [1.29, 1.82) is 0 Å². The van der Waals surface area contributed by atoms with Crippen LogP contribution in [0.1, 0.15) is 67.4 Å². The molecular weight excluding hydrogens is 853 g/mol. The summed E-state index contributed by atoms with van der Waals surface area (Å²) in [7, 11) is 0. The number of benzene rings is 4. The van der Waals surface area contributed by atoms with Gasteiger partial charge in [0.25, 0.3) is 0 Å². The van der Waals surface area contributed by atoms with E-state index in [4.69, 9.17) is 9.47 Å².